The van der Waals surface area contributed by atoms with Crippen LogP contribution in [0.25, 0.3) is 0 Å². The van der Waals surface area contributed by atoms with Gasteiger partial charge in [-0.15, -0.1) is 0 Å². The molecule has 1 nitrogen and oxygen atoms in total. The van der Waals surface area contributed by atoms with Crippen LogP contribution in [-0.2, 0) is 4.74 Å². The van der Waals surface area contributed by atoms with Gasteiger partial charge in [0.1, 0.15) is 12.2 Å². The number of ether oxygens (including phenoxy) is 1. The number of hydrogen-bond donors (Lipinski definition) is 0. The first-order valence-corrected chi connectivity index (χ1v) is 6.82. The summed E-state index contributed by atoms with van der Waals surface area (Å²) in [5.41, 5.74) is 1.31. The maximum atomic E-state index is 5.71. The smallest absolute Gasteiger partial charge is 0.113 e. The average Bonchev–Trinajstić information content (AvgIpc) is 3.18. The van der Waals surface area contributed by atoms with Gasteiger partial charge >= 0.3 is 0 Å². The molecular formula is C16H20O. The molecule has 0 spiro atoms. The Morgan fingerprint density at radius 3 is 2.47 bits per heavy atom. The van der Waals surface area contributed by atoms with E-state index in [1.807, 2.05) is 0 Å². The van der Waals surface area contributed by atoms with Crippen LogP contribution < -0.4 is 0 Å². The lowest BCUT2D eigenvalue weighted by Crippen LogP contribution is -2.02. The van der Waals surface area contributed by atoms with Crippen LogP contribution in [0.5, 0.6) is 0 Å². The van der Waals surface area contributed by atoms with E-state index in [4.69, 9.17) is 4.74 Å². The Labute approximate surface area is 103 Å². The Morgan fingerprint density at radius 2 is 1.71 bits per heavy atom. The number of allylic oxidation sites excluding steroid dienone is 1. The molecular weight excluding hydrogens is 208 g/mol. The highest BCUT2D eigenvalue weighted by Gasteiger charge is 2.37. The molecule has 0 radical (unpaired) electrons. The molecule has 0 unspecified atom stereocenters. The van der Waals surface area contributed by atoms with Gasteiger partial charge in [0.05, 0.1) is 0 Å². The number of hydrogen-bond acceptors (Lipinski definition) is 1. The zero-order valence-corrected chi connectivity index (χ0v) is 10.2. The second-order valence-corrected chi connectivity index (χ2v) is 5.21. The van der Waals surface area contributed by atoms with Crippen molar-refractivity contribution < 1.29 is 4.74 Å². The Balaban J connectivity index is 1.53. The summed E-state index contributed by atoms with van der Waals surface area (Å²) in [5, 5.41) is 0. The fraction of sp³-hybridized carbons (Fsp3) is 0.500. The van der Waals surface area contributed by atoms with E-state index < -0.39 is 0 Å². The SMILES string of the molecule is C(=C\[C@@H]1O[C@@H]1c1ccccc1)/C1CCCCC1. The van der Waals surface area contributed by atoms with Gasteiger partial charge in [-0.3, -0.25) is 0 Å². The van der Waals surface area contributed by atoms with Crippen molar-refractivity contribution in [1.82, 2.24) is 0 Å². The first kappa shape index (κ1) is 11.0. The molecule has 2 aliphatic rings. The van der Waals surface area contributed by atoms with Gasteiger partial charge in [0.2, 0.25) is 0 Å². The van der Waals surface area contributed by atoms with Gasteiger partial charge in [-0.05, 0) is 24.3 Å². The zero-order valence-electron chi connectivity index (χ0n) is 10.2. The van der Waals surface area contributed by atoms with Gasteiger partial charge in [0.25, 0.3) is 0 Å². The van der Waals surface area contributed by atoms with Gasteiger partial charge < -0.3 is 4.74 Å². The van der Waals surface area contributed by atoms with Crippen LogP contribution in [0.15, 0.2) is 42.5 Å². The van der Waals surface area contributed by atoms with Crippen LogP contribution >= 0.6 is 0 Å². The van der Waals surface area contributed by atoms with E-state index in [2.05, 4.69) is 42.5 Å². The molecule has 90 valence electrons. The normalized spacial score (nSPS) is 29.6. The van der Waals surface area contributed by atoms with Crippen LogP contribution in [0.1, 0.15) is 43.8 Å². The Bertz CT molecular complexity index is 376. The monoisotopic (exact) mass is 228 g/mol. The van der Waals surface area contributed by atoms with Gasteiger partial charge in [-0.2, -0.15) is 0 Å². The summed E-state index contributed by atoms with van der Waals surface area (Å²) in [6.45, 7) is 0. The minimum absolute atomic E-state index is 0.316. The molecule has 2 atom stereocenters. The van der Waals surface area contributed by atoms with Crippen molar-refractivity contribution in [2.45, 2.75) is 44.3 Å². The number of benzene rings is 1. The molecule has 1 saturated carbocycles. The van der Waals surface area contributed by atoms with Crippen molar-refractivity contribution in [2.24, 2.45) is 5.92 Å². The molecule has 1 aliphatic heterocycles. The standard InChI is InChI=1S/C16H20O/c1-3-7-13(8-4-1)11-12-15-16(17-15)14-9-5-2-6-10-14/h2,5-6,9-13,15-16H,1,3-4,7-8H2/b12-11+/t15-,16+/m0/s1. The molecule has 1 heteroatoms. The molecule has 2 fully saturated rings. The zero-order chi connectivity index (χ0) is 11.5. The van der Waals surface area contributed by atoms with Gasteiger partial charge in [0.15, 0.2) is 0 Å². The lowest BCUT2D eigenvalue weighted by molar-refractivity contribution is 0.390. The predicted octanol–water partition coefficient (Wildman–Crippen LogP) is 4.26. The van der Waals surface area contributed by atoms with E-state index in [0.29, 0.717) is 12.2 Å². The quantitative estimate of drug-likeness (QED) is 0.556. The molecule has 1 aliphatic carbocycles. The van der Waals surface area contributed by atoms with E-state index in [1.165, 1.54) is 37.7 Å². The Hall–Kier alpha value is -1.08. The topological polar surface area (TPSA) is 12.5 Å². The van der Waals surface area contributed by atoms with Crippen LogP contribution in [0.2, 0.25) is 0 Å². The maximum Gasteiger partial charge on any atom is 0.113 e. The third kappa shape index (κ3) is 2.78. The summed E-state index contributed by atoms with van der Waals surface area (Å²) >= 11 is 0. The summed E-state index contributed by atoms with van der Waals surface area (Å²) in [6, 6.07) is 10.5. The number of rotatable bonds is 3. The second kappa shape index (κ2) is 5.05. The molecule has 1 heterocycles. The fourth-order valence-corrected chi connectivity index (χ4v) is 2.77. The highest BCUT2D eigenvalue weighted by molar-refractivity contribution is 5.24. The first-order valence-electron chi connectivity index (χ1n) is 6.82. The van der Waals surface area contributed by atoms with Gasteiger partial charge in [-0.25, -0.2) is 0 Å². The molecule has 1 aromatic rings. The molecule has 0 aromatic heterocycles. The Morgan fingerprint density at radius 1 is 0.941 bits per heavy atom. The molecule has 1 aromatic carbocycles. The third-order valence-corrected chi connectivity index (χ3v) is 3.88. The van der Waals surface area contributed by atoms with Crippen molar-refractivity contribution in [3.63, 3.8) is 0 Å². The minimum atomic E-state index is 0.316. The summed E-state index contributed by atoms with van der Waals surface area (Å²) in [5.74, 6) is 0.810. The van der Waals surface area contributed by atoms with Crippen molar-refractivity contribution in [3.05, 3.63) is 48.0 Å². The van der Waals surface area contributed by atoms with Crippen LogP contribution in [0.3, 0.4) is 0 Å². The van der Waals surface area contributed by atoms with E-state index in [-0.39, 0.29) is 0 Å². The summed E-state index contributed by atoms with van der Waals surface area (Å²) in [7, 11) is 0. The minimum Gasteiger partial charge on any atom is -0.360 e. The average molecular weight is 228 g/mol. The van der Waals surface area contributed by atoms with Gasteiger partial charge in [-0.1, -0.05) is 61.7 Å². The fourth-order valence-electron chi connectivity index (χ4n) is 2.77. The summed E-state index contributed by atoms with van der Waals surface area (Å²) in [4.78, 5) is 0. The van der Waals surface area contributed by atoms with E-state index in [1.54, 1.807) is 0 Å². The molecule has 17 heavy (non-hydrogen) atoms. The first-order chi connectivity index (χ1) is 8.43. The van der Waals surface area contributed by atoms with E-state index in [0.717, 1.165) is 5.92 Å². The van der Waals surface area contributed by atoms with Crippen LogP contribution in [0, 0.1) is 5.92 Å². The highest BCUT2D eigenvalue weighted by Crippen LogP contribution is 2.40. The summed E-state index contributed by atoms with van der Waals surface area (Å²) < 4.78 is 5.71. The molecule has 1 saturated heterocycles. The molecule has 3 rings (SSSR count). The van der Waals surface area contributed by atoms with Crippen LogP contribution in [-0.4, -0.2) is 6.10 Å². The van der Waals surface area contributed by atoms with Crippen molar-refractivity contribution >= 4 is 0 Å². The Kier molecular flexibility index (Phi) is 3.28. The molecule has 0 amide bonds. The predicted molar refractivity (Wildman–Crippen MR) is 69.8 cm³/mol. The second-order valence-electron chi connectivity index (χ2n) is 5.21. The third-order valence-electron chi connectivity index (χ3n) is 3.88. The highest BCUT2D eigenvalue weighted by atomic mass is 16.6. The lowest BCUT2D eigenvalue weighted by atomic mass is 9.89. The molecule has 0 bridgehead atoms. The van der Waals surface area contributed by atoms with Crippen molar-refractivity contribution in [1.29, 1.82) is 0 Å². The van der Waals surface area contributed by atoms with E-state index in [9.17, 15) is 0 Å². The van der Waals surface area contributed by atoms with Gasteiger partial charge in [0, 0.05) is 0 Å². The maximum absolute atomic E-state index is 5.71. The van der Waals surface area contributed by atoms with Crippen molar-refractivity contribution in [2.75, 3.05) is 0 Å². The molecule has 0 N–H and O–H groups in total. The summed E-state index contributed by atoms with van der Waals surface area (Å²) in [6.07, 6.45) is 12.3. The lowest BCUT2D eigenvalue weighted by Gasteiger charge is -2.17. The van der Waals surface area contributed by atoms with Crippen molar-refractivity contribution in [3.8, 4) is 0 Å². The largest absolute Gasteiger partial charge is 0.360 e. The van der Waals surface area contributed by atoms with E-state index >= 15 is 0 Å². The number of epoxide rings is 1. The van der Waals surface area contributed by atoms with Crippen LogP contribution in [0.4, 0.5) is 0 Å².